The number of carboxylic acids is 3. The first-order chi connectivity index (χ1) is 11.0. The molecule has 9 heteroatoms. The van der Waals surface area contributed by atoms with E-state index in [0.717, 1.165) is 0 Å². The van der Waals surface area contributed by atoms with Crippen LogP contribution < -0.4 is 5.32 Å². The first-order valence-electron chi connectivity index (χ1n) is 7.91. The molecule has 9 nitrogen and oxygen atoms in total. The van der Waals surface area contributed by atoms with Gasteiger partial charge >= 0.3 is 17.9 Å². The topological polar surface area (TPSA) is 130 Å². The summed E-state index contributed by atoms with van der Waals surface area (Å²) in [5, 5.41) is 30.7. The van der Waals surface area contributed by atoms with E-state index < -0.39 is 41.6 Å². The second-order valence-corrected chi connectivity index (χ2v) is 6.73. The van der Waals surface area contributed by atoms with Gasteiger partial charge in [-0.25, -0.2) is 0 Å². The van der Waals surface area contributed by atoms with Gasteiger partial charge in [-0.1, -0.05) is 0 Å². The first kappa shape index (κ1) is 20.3. The molecule has 24 heavy (non-hydrogen) atoms. The molecule has 1 aliphatic heterocycles. The quantitative estimate of drug-likeness (QED) is 0.476. The zero-order valence-electron chi connectivity index (χ0n) is 14.5. The normalized spacial score (nSPS) is 23.0. The number of nitrogens with one attached hydrogen (secondary N) is 1. The Hall–Kier alpha value is -1.71. The smallest absolute Gasteiger partial charge is 0.320 e. The van der Waals surface area contributed by atoms with Crippen molar-refractivity contribution >= 4 is 17.9 Å². The molecule has 0 radical (unpaired) electrons. The molecule has 0 amide bonds. The third-order valence-corrected chi connectivity index (χ3v) is 4.52. The third-order valence-electron chi connectivity index (χ3n) is 4.52. The van der Waals surface area contributed by atoms with Gasteiger partial charge in [0.25, 0.3) is 0 Å². The van der Waals surface area contributed by atoms with Crippen molar-refractivity contribution in [2.45, 2.75) is 51.4 Å². The minimum atomic E-state index is -1.02. The Morgan fingerprint density at radius 1 is 0.875 bits per heavy atom. The third kappa shape index (κ3) is 5.15. The molecule has 138 valence electrons. The molecule has 0 spiro atoms. The zero-order chi connectivity index (χ0) is 18.7. The second-order valence-electron chi connectivity index (χ2n) is 6.73. The molecular formula is C15H27N3O6. The molecule has 0 aliphatic carbocycles. The SMILES string of the molecule is C[C@H](NC1(C)CN([C@@H](C)C(=O)O)CCN([C@@H](C)C(=O)O)C1)C(=O)O. The van der Waals surface area contributed by atoms with Gasteiger partial charge in [-0.15, -0.1) is 0 Å². The largest absolute Gasteiger partial charge is 0.480 e. The summed E-state index contributed by atoms with van der Waals surface area (Å²) in [7, 11) is 0. The molecule has 0 saturated carbocycles. The van der Waals surface area contributed by atoms with Gasteiger partial charge in [0.2, 0.25) is 0 Å². The van der Waals surface area contributed by atoms with Crippen molar-refractivity contribution in [1.82, 2.24) is 15.1 Å². The van der Waals surface area contributed by atoms with E-state index in [1.165, 1.54) is 6.92 Å². The Morgan fingerprint density at radius 2 is 1.25 bits per heavy atom. The highest BCUT2D eigenvalue weighted by atomic mass is 16.4. The lowest BCUT2D eigenvalue weighted by atomic mass is 9.98. The van der Waals surface area contributed by atoms with Crippen molar-refractivity contribution in [3.63, 3.8) is 0 Å². The highest BCUT2D eigenvalue weighted by Gasteiger charge is 2.39. The molecule has 1 rings (SSSR count). The predicted octanol–water partition coefficient (Wildman–Crippen LogP) is -0.628. The average Bonchev–Trinajstić information content (AvgIpc) is 2.64. The zero-order valence-corrected chi connectivity index (χ0v) is 14.5. The van der Waals surface area contributed by atoms with Crippen molar-refractivity contribution in [2.24, 2.45) is 0 Å². The van der Waals surface area contributed by atoms with Gasteiger partial charge < -0.3 is 15.3 Å². The van der Waals surface area contributed by atoms with E-state index in [9.17, 15) is 24.6 Å². The van der Waals surface area contributed by atoms with Gasteiger partial charge in [0, 0.05) is 31.7 Å². The fraction of sp³-hybridized carbons (Fsp3) is 0.800. The van der Waals surface area contributed by atoms with Crippen molar-refractivity contribution < 1.29 is 29.7 Å². The maximum absolute atomic E-state index is 11.3. The summed E-state index contributed by atoms with van der Waals surface area (Å²) in [5.74, 6) is -2.96. The minimum absolute atomic E-state index is 0.306. The van der Waals surface area contributed by atoms with Gasteiger partial charge in [-0.2, -0.15) is 0 Å². The van der Waals surface area contributed by atoms with Crippen LogP contribution in [0.15, 0.2) is 0 Å². The van der Waals surface area contributed by atoms with Crippen LogP contribution in [-0.2, 0) is 14.4 Å². The average molecular weight is 345 g/mol. The molecule has 0 aromatic rings. The van der Waals surface area contributed by atoms with Crippen LogP contribution in [0.4, 0.5) is 0 Å². The Kier molecular flexibility index (Phi) is 6.70. The van der Waals surface area contributed by atoms with E-state index in [1.807, 2.05) is 0 Å². The summed E-state index contributed by atoms with van der Waals surface area (Å²) in [5.41, 5.74) is -0.762. The predicted molar refractivity (Wildman–Crippen MR) is 86.0 cm³/mol. The Morgan fingerprint density at radius 3 is 1.54 bits per heavy atom. The number of carboxylic acid groups (broad SMARTS) is 3. The van der Waals surface area contributed by atoms with Crippen LogP contribution in [-0.4, -0.2) is 92.9 Å². The summed E-state index contributed by atoms with van der Waals surface area (Å²) >= 11 is 0. The van der Waals surface area contributed by atoms with E-state index in [2.05, 4.69) is 5.32 Å². The van der Waals surface area contributed by atoms with Crippen molar-refractivity contribution in [1.29, 1.82) is 0 Å². The second kappa shape index (κ2) is 7.91. The minimum Gasteiger partial charge on any atom is -0.480 e. The van der Waals surface area contributed by atoms with Crippen molar-refractivity contribution in [2.75, 3.05) is 26.2 Å². The van der Waals surface area contributed by atoms with Crippen LogP contribution in [0.2, 0.25) is 0 Å². The molecule has 1 heterocycles. The molecule has 0 bridgehead atoms. The van der Waals surface area contributed by atoms with Gasteiger partial charge in [0.05, 0.1) is 0 Å². The first-order valence-corrected chi connectivity index (χ1v) is 7.91. The molecule has 1 aliphatic rings. The van der Waals surface area contributed by atoms with Crippen LogP contribution in [0.1, 0.15) is 27.7 Å². The molecule has 1 fully saturated rings. The molecule has 3 atom stereocenters. The number of carbonyl (C=O) groups is 3. The van der Waals surface area contributed by atoms with E-state index in [0.29, 0.717) is 26.2 Å². The highest BCUT2D eigenvalue weighted by molar-refractivity contribution is 5.74. The van der Waals surface area contributed by atoms with Gasteiger partial charge in [-0.05, 0) is 27.7 Å². The molecule has 1 saturated heterocycles. The van der Waals surface area contributed by atoms with Gasteiger partial charge in [0.15, 0.2) is 0 Å². The van der Waals surface area contributed by atoms with Crippen molar-refractivity contribution in [3.05, 3.63) is 0 Å². The Balaban J connectivity index is 3.07. The summed E-state index contributed by atoms with van der Waals surface area (Å²) in [6, 6.07) is -2.32. The summed E-state index contributed by atoms with van der Waals surface area (Å²) in [6.45, 7) is 7.84. The van der Waals surface area contributed by atoms with Crippen LogP contribution in [0.5, 0.6) is 0 Å². The number of hydrogen-bond donors (Lipinski definition) is 4. The molecular weight excluding hydrogens is 318 g/mol. The van der Waals surface area contributed by atoms with E-state index in [1.54, 1.807) is 30.6 Å². The standard InChI is InChI=1S/C15H27N3O6/c1-9(12(19)20)16-15(4)7-17(10(2)13(21)22)5-6-18(8-15)11(3)14(23)24/h9-11,16H,5-8H2,1-4H3,(H,19,20)(H,21,22)(H,23,24)/t9-,10-,11-/m0/s1. The summed E-state index contributed by atoms with van der Waals surface area (Å²) in [6.07, 6.45) is 0. The lowest BCUT2D eigenvalue weighted by Gasteiger charge is -2.38. The Bertz CT molecular complexity index is 468. The molecule has 0 unspecified atom stereocenters. The molecule has 0 aromatic heterocycles. The van der Waals surface area contributed by atoms with Crippen LogP contribution in [0, 0.1) is 0 Å². The summed E-state index contributed by atoms with van der Waals surface area (Å²) in [4.78, 5) is 37.3. The van der Waals surface area contributed by atoms with E-state index in [-0.39, 0.29) is 0 Å². The van der Waals surface area contributed by atoms with Crippen LogP contribution >= 0.6 is 0 Å². The Labute approximate surface area is 141 Å². The lowest BCUT2D eigenvalue weighted by Crippen LogP contribution is -2.61. The lowest BCUT2D eigenvalue weighted by molar-refractivity contribution is -0.144. The maximum Gasteiger partial charge on any atom is 0.320 e. The number of aliphatic carboxylic acids is 3. The maximum atomic E-state index is 11.3. The van der Waals surface area contributed by atoms with E-state index in [4.69, 9.17) is 5.11 Å². The number of rotatable bonds is 7. The highest BCUT2D eigenvalue weighted by Crippen LogP contribution is 2.19. The fourth-order valence-electron chi connectivity index (χ4n) is 3.01. The molecule has 4 N–H and O–H groups in total. The monoisotopic (exact) mass is 345 g/mol. The molecule has 0 aromatic carbocycles. The van der Waals surface area contributed by atoms with Gasteiger partial charge in [-0.3, -0.25) is 29.5 Å². The number of hydrogen-bond acceptors (Lipinski definition) is 6. The van der Waals surface area contributed by atoms with Gasteiger partial charge in [0.1, 0.15) is 18.1 Å². The van der Waals surface area contributed by atoms with Crippen LogP contribution in [0.25, 0.3) is 0 Å². The van der Waals surface area contributed by atoms with Crippen molar-refractivity contribution in [3.8, 4) is 0 Å². The number of nitrogens with zero attached hydrogens (tertiary/aromatic N) is 2. The summed E-state index contributed by atoms with van der Waals surface area (Å²) < 4.78 is 0. The van der Waals surface area contributed by atoms with E-state index >= 15 is 0 Å². The fourth-order valence-corrected chi connectivity index (χ4v) is 3.01. The van der Waals surface area contributed by atoms with Crippen LogP contribution in [0.3, 0.4) is 0 Å².